The highest BCUT2D eigenvalue weighted by Gasteiger charge is 2.27. The summed E-state index contributed by atoms with van der Waals surface area (Å²) in [5.74, 6) is -2.83. The summed E-state index contributed by atoms with van der Waals surface area (Å²) in [5, 5.41) is 23.7. The van der Waals surface area contributed by atoms with Crippen molar-refractivity contribution in [2.24, 2.45) is 0 Å². The lowest BCUT2D eigenvalue weighted by Gasteiger charge is -2.13. The fourth-order valence-electron chi connectivity index (χ4n) is 1.33. The summed E-state index contributed by atoms with van der Waals surface area (Å²) in [6.07, 6.45) is 1.18. The summed E-state index contributed by atoms with van der Waals surface area (Å²) in [6, 6.07) is 1.54. The monoisotopic (exact) mass is 319 g/mol. The number of ether oxygens (including phenoxy) is 1. The highest BCUT2D eigenvalue weighted by atomic mass is 32.2. The molecule has 1 saturated heterocycles. The molecule has 2 heterocycles. The van der Waals surface area contributed by atoms with Gasteiger partial charge in [0.05, 0.1) is 6.61 Å². The van der Waals surface area contributed by atoms with Crippen molar-refractivity contribution in [2.75, 3.05) is 18.1 Å². The van der Waals surface area contributed by atoms with Crippen LogP contribution in [0, 0.1) is 0 Å². The third kappa shape index (κ3) is 5.06. The van der Waals surface area contributed by atoms with Crippen LogP contribution in [-0.2, 0) is 14.3 Å². The number of aliphatic carboxylic acids is 2. The number of aromatic nitrogens is 2. The van der Waals surface area contributed by atoms with E-state index in [2.05, 4.69) is 4.98 Å². The van der Waals surface area contributed by atoms with Gasteiger partial charge in [-0.05, 0) is 6.07 Å². The van der Waals surface area contributed by atoms with Crippen LogP contribution in [0.2, 0.25) is 0 Å². The molecule has 0 radical (unpaired) electrons. The van der Waals surface area contributed by atoms with Gasteiger partial charge in [-0.1, -0.05) is 0 Å². The maximum atomic E-state index is 11.4. The van der Waals surface area contributed by atoms with Crippen molar-refractivity contribution in [1.82, 2.24) is 9.55 Å². The van der Waals surface area contributed by atoms with Crippen molar-refractivity contribution in [3.63, 3.8) is 0 Å². The van der Waals surface area contributed by atoms with Crippen LogP contribution in [0.3, 0.4) is 0 Å². The molecule has 0 aliphatic carbocycles. The minimum atomic E-state index is -1.82. The average Bonchev–Trinajstić information content (AvgIpc) is 2.88. The van der Waals surface area contributed by atoms with Gasteiger partial charge < -0.3 is 25.8 Å². The molecule has 116 valence electrons. The highest BCUT2D eigenvalue weighted by molar-refractivity contribution is 8.00. The number of hydrogen-bond donors (Lipinski definition) is 4. The Labute approximate surface area is 122 Å². The first-order valence-corrected chi connectivity index (χ1v) is 6.58. The summed E-state index contributed by atoms with van der Waals surface area (Å²) in [7, 11) is 0. The van der Waals surface area contributed by atoms with E-state index in [1.165, 1.54) is 16.3 Å². The molecule has 11 heteroatoms. The van der Waals surface area contributed by atoms with Crippen LogP contribution in [0.15, 0.2) is 17.1 Å². The largest absolute Gasteiger partial charge is 0.473 e. The lowest BCUT2D eigenvalue weighted by atomic mass is 10.5. The molecule has 0 bridgehead atoms. The van der Waals surface area contributed by atoms with Crippen molar-refractivity contribution in [2.45, 2.75) is 11.7 Å². The second-order valence-electron chi connectivity index (χ2n) is 3.69. The number of nitrogen functional groups attached to an aromatic ring is 1. The van der Waals surface area contributed by atoms with Crippen LogP contribution >= 0.6 is 11.8 Å². The minimum absolute atomic E-state index is 0.0572. The van der Waals surface area contributed by atoms with Gasteiger partial charge in [-0.15, -0.1) is 11.8 Å². The van der Waals surface area contributed by atoms with Gasteiger partial charge in [-0.3, -0.25) is 4.57 Å². The number of aliphatic hydroxyl groups excluding tert-OH is 1. The van der Waals surface area contributed by atoms with Crippen LogP contribution in [0.5, 0.6) is 0 Å². The van der Waals surface area contributed by atoms with Crippen molar-refractivity contribution >= 4 is 29.5 Å². The van der Waals surface area contributed by atoms with Gasteiger partial charge in [-0.2, -0.15) is 4.98 Å². The number of rotatable bonds is 2. The van der Waals surface area contributed by atoms with E-state index < -0.39 is 17.6 Å². The number of anilines is 1. The molecule has 1 aromatic rings. The second kappa shape index (κ2) is 7.61. The first kappa shape index (κ1) is 16.9. The van der Waals surface area contributed by atoms with Crippen LogP contribution in [-0.4, -0.2) is 54.6 Å². The third-order valence-electron chi connectivity index (χ3n) is 2.23. The number of aliphatic hydroxyl groups is 1. The summed E-state index contributed by atoms with van der Waals surface area (Å²) < 4.78 is 6.79. The number of nitrogens with zero attached hydrogens (tertiary/aromatic N) is 2. The van der Waals surface area contributed by atoms with Gasteiger partial charge in [0.15, 0.2) is 0 Å². The molecule has 0 spiro atoms. The van der Waals surface area contributed by atoms with E-state index in [1.54, 1.807) is 12.3 Å². The average molecular weight is 319 g/mol. The van der Waals surface area contributed by atoms with Gasteiger partial charge in [0.25, 0.3) is 0 Å². The molecular formula is C10H13N3O7S. The molecule has 2 atom stereocenters. The van der Waals surface area contributed by atoms with E-state index in [9.17, 15) is 4.79 Å². The van der Waals surface area contributed by atoms with Gasteiger partial charge in [-0.25, -0.2) is 14.4 Å². The van der Waals surface area contributed by atoms with E-state index in [4.69, 9.17) is 35.4 Å². The van der Waals surface area contributed by atoms with E-state index in [0.717, 1.165) is 0 Å². The zero-order valence-electron chi connectivity index (χ0n) is 10.6. The molecule has 0 unspecified atom stereocenters. The molecule has 1 aliphatic rings. The first-order chi connectivity index (χ1) is 9.85. The predicted octanol–water partition coefficient (Wildman–Crippen LogP) is -1.44. The lowest BCUT2D eigenvalue weighted by Crippen LogP contribution is -2.28. The molecule has 21 heavy (non-hydrogen) atoms. The predicted molar refractivity (Wildman–Crippen MR) is 71.6 cm³/mol. The summed E-state index contributed by atoms with van der Waals surface area (Å²) in [4.78, 5) is 33.2. The third-order valence-corrected chi connectivity index (χ3v) is 3.34. The van der Waals surface area contributed by atoms with E-state index in [0.29, 0.717) is 5.75 Å². The second-order valence-corrected chi connectivity index (χ2v) is 4.88. The van der Waals surface area contributed by atoms with E-state index in [1.807, 2.05) is 0 Å². The van der Waals surface area contributed by atoms with Crippen LogP contribution in [0.4, 0.5) is 5.82 Å². The van der Waals surface area contributed by atoms with Crippen molar-refractivity contribution < 1.29 is 29.6 Å². The number of hydrogen-bond acceptors (Lipinski definition) is 8. The maximum absolute atomic E-state index is 11.4. The normalized spacial score (nSPS) is 20.4. The van der Waals surface area contributed by atoms with E-state index >= 15 is 0 Å². The van der Waals surface area contributed by atoms with Crippen molar-refractivity contribution in [1.29, 1.82) is 0 Å². The molecular weight excluding hydrogens is 306 g/mol. The number of carboxylic acids is 2. The molecule has 0 saturated carbocycles. The molecule has 1 aliphatic heterocycles. The number of carboxylic acid groups (broad SMARTS) is 2. The summed E-state index contributed by atoms with van der Waals surface area (Å²) in [5.41, 5.74) is 4.67. The zero-order valence-corrected chi connectivity index (χ0v) is 11.4. The zero-order chi connectivity index (χ0) is 16.0. The summed E-state index contributed by atoms with van der Waals surface area (Å²) in [6.45, 7) is -0.0572. The maximum Gasteiger partial charge on any atom is 0.414 e. The fourth-order valence-corrected chi connectivity index (χ4v) is 2.26. The quantitative estimate of drug-likeness (QED) is 0.474. The molecule has 1 aromatic heterocycles. The highest BCUT2D eigenvalue weighted by Crippen LogP contribution is 2.30. The Morgan fingerprint density at radius 2 is 2.10 bits per heavy atom. The number of nitrogens with two attached hydrogens (primary N) is 1. The Morgan fingerprint density at radius 1 is 1.48 bits per heavy atom. The Bertz CT molecular complexity index is 564. The Hall–Kier alpha value is -2.11. The number of carbonyl (C=O) groups is 2. The van der Waals surface area contributed by atoms with Crippen LogP contribution < -0.4 is 11.4 Å². The van der Waals surface area contributed by atoms with Crippen molar-refractivity contribution in [3.05, 3.63) is 22.7 Å². The Morgan fingerprint density at radius 3 is 2.52 bits per heavy atom. The minimum Gasteiger partial charge on any atom is -0.473 e. The Kier molecular flexibility index (Phi) is 6.14. The SMILES string of the molecule is Nc1ccn([C@@H]2CS[C@H](CO)O2)c(=O)n1.O=C(O)C(=O)O. The lowest BCUT2D eigenvalue weighted by molar-refractivity contribution is -0.159. The molecule has 0 aromatic carbocycles. The molecule has 1 fully saturated rings. The number of thioether (sulfide) groups is 1. The van der Waals surface area contributed by atoms with Crippen LogP contribution in [0.25, 0.3) is 0 Å². The summed E-state index contributed by atoms with van der Waals surface area (Å²) >= 11 is 1.47. The fraction of sp³-hybridized carbons (Fsp3) is 0.400. The standard InChI is InChI=1S/C8H11N3O3S.C2H2O4/c9-5-1-2-11(8(13)10-5)6-4-15-7(3-12)14-6;3-1(4)2(5)6/h1-2,6-7,12H,3-4H2,(H2,9,10,13);(H,3,4)(H,5,6)/t6-,7+;/m0./s1. The molecule has 2 rings (SSSR count). The van der Waals surface area contributed by atoms with Gasteiger partial charge in [0, 0.05) is 11.9 Å². The molecule has 0 amide bonds. The topological polar surface area (TPSA) is 165 Å². The van der Waals surface area contributed by atoms with Gasteiger partial charge in [0.2, 0.25) is 0 Å². The Balaban J connectivity index is 0.000000315. The van der Waals surface area contributed by atoms with E-state index in [-0.39, 0.29) is 24.1 Å². The molecule has 10 nitrogen and oxygen atoms in total. The molecule has 5 N–H and O–H groups in total. The van der Waals surface area contributed by atoms with Crippen molar-refractivity contribution in [3.8, 4) is 0 Å². The van der Waals surface area contributed by atoms with Crippen LogP contribution in [0.1, 0.15) is 6.23 Å². The van der Waals surface area contributed by atoms with Gasteiger partial charge >= 0.3 is 17.6 Å². The smallest absolute Gasteiger partial charge is 0.414 e. The first-order valence-electron chi connectivity index (χ1n) is 5.54. The van der Waals surface area contributed by atoms with Gasteiger partial charge in [0.1, 0.15) is 17.5 Å².